The standard InChI is InChI=1S/C19H28N2O3/c1-3-16(17-6-4-15(2)5-7-17)12-19(23)20-13-18(22)14-21-8-10-24-11-9-21/h4-7,12,18,22H,3,8-11,13-14H2,1-2H3,(H,20,23)/b16-12-. The largest absolute Gasteiger partial charge is 0.390 e. The summed E-state index contributed by atoms with van der Waals surface area (Å²) < 4.78 is 5.28. The second kappa shape index (κ2) is 9.57. The van der Waals surface area contributed by atoms with Gasteiger partial charge in [0.05, 0.1) is 19.3 Å². The van der Waals surface area contributed by atoms with Gasteiger partial charge < -0.3 is 15.2 Å². The molecule has 1 aliphatic heterocycles. The monoisotopic (exact) mass is 332 g/mol. The first-order valence-electron chi connectivity index (χ1n) is 8.62. The topological polar surface area (TPSA) is 61.8 Å². The lowest BCUT2D eigenvalue weighted by Crippen LogP contribution is -2.44. The molecule has 5 nitrogen and oxygen atoms in total. The zero-order chi connectivity index (χ0) is 17.4. The van der Waals surface area contributed by atoms with Crippen LogP contribution in [0.1, 0.15) is 24.5 Å². The zero-order valence-electron chi connectivity index (χ0n) is 14.6. The van der Waals surface area contributed by atoms with Crippen LogP contribution in [0.3, 0.4) is 0 Å². The molecule has 132 valence electrons. The Hall–Kier alpha value is -1.69. The predicted molar refractivity (Wildman–Crippen MR) is 95.7 cm³/mol. The highest BCUT2D eigenvalue weighted by Gasteiger charge is 2.15. The SMILES string of the molecule is CC/C(=C/C(=O)NCC(O)CN1CCOCC1)c1ccc(C)cc1. The van der Waals surface area contributed by atoms with Gasteiger partial charge in [-0.2, -0.15) is 0 Å². The van der Waals surface area contributed by atoms with Gasteiger partial charge in [0.1, 0.15) is 0 Å². The van der Waals surface area contributed by atoms with Crippen LogP contribution in [0.25, 0.3) is 5.57 Å². The summed E-state index contributed by atoms with van der Waals surface area (Å²) in [6.45, 7) is 7.98. The quantitative estimate of drug-likeness (QED) is 0.745. The van der Waals surface area contributed by atoms with Crippen molar-refractivity contribution in [2.24, 2.45) is 0 Å². The van der Waals surface area contributed by atoms with Gasteiger partial charge in [0, 0.05) is 32.3 Å². The third-order valence-corrected chi connectivity index (χ3v) is 4.19. The van der Waals surface area contributed by atoms with Crippen molar-refractivity contribution in [3.05, 3.63) is 41.5 Å². The molecule has 2 N–H and O–H groups in total. The second-order valence-electron chi connectivity index (χ2n) is 6.20. The average Bonchev–Trinajstić information content (AvgIpc) is 2.59. The molecule has 1 unspecified atom stereocenters. The molecule has 0 saturated carbocycles. The lowest BCUT2D eigenvalue weighted by atomic mass is 10.0. The molecule has 0 bridgehead atoms. The van der Waals surface area contributed by atoms with Crippen LogP contribution in [0, 0.1) is 6.92 Å². The number of β-amino-alcohol motifs (C(OH)–C–C–N with tert-alkyl or cyclic N) is 1. The Balaban J connectivity index is 1.82. The molecule has 1 aromatic rings. The van der Waals surface area contributed by atoms with E-state index in [1.54, 1.807) is 6.08 Å². The molecular weight excluding hydrogens is 304 g/mol. The normalized spacial score (nSPS) is 17.5. The van der Waals surface area contributed by atoms with E-state index < -0.39 is 6.10 Å². The third kappa shape index (κ3) is 6.07. The van der Waals surface area contributed by atoms with Crippen molar-refractivity contribution in [2.75, 3.05) is 39.4 Å². The molecule has 1 atom stereocenters. The summed E-state index contributed by atoms with van der Waals surface area (Å²) in [4.78, 5) is 14.3. The first-order chi connectivity index (χ1) is 11.6. The number of ether oxygens (including phenoxy) is 1. The van der Waals surface area contributed by atoms with E-state index >= 15 is 0 Å². The number of rotatable bonds is 7. The summed E-state index contributed by atoms with van der Waals surface area (Å²) in [7, 11) is 0. The molecule has 5 heteroatoms. The summed E-state index contributed by atoms with van der Waals surface area (Å²) >= 11 is 0. The fourth-order valence-corrected chi connectivity index (χ4v) is 2.73. The minimum absolute atomic E-state index is 0.159. The van der Waals surface area contributed by atoms with Crippen molar-refractivity contribution in [2.45, 2.75) is 26.4 Å². The van der Waals surface area contributed by atoms with Crippen molar-refractivity contribution >= 4 is 11.5 Å². The molecule has 0 radical (unpaired) electrons. The van der Waals surface area contributed by atoms with Gasteiger partial charge in [0.15, 0.2) is 0 Å². The Morgan fingerprint density at radius 3 is 2.62 bits per heavy atom. The van der Waals surface area contributed by atoms with Gasteiger partial charge in [-0.05, 0) is 24.5 Å². The molecule has 1 amide bonds. The highest BCUT2D eigenvalue weighted by atomic mass is 16.5. The van der Waals surface area contributed by atoms with Gasteiger partial charge in [-0.1, -0.05) is 36.8 Å². The minimum Gasteiger partial charge on any atom is -0.390 e. The Labute approximate surface area is 144 Å². The number of amides is 1. The number of aryl methyl sites for hydroxylation is 1. The zero-order valence-corrected chi connectivity index (χ0v) is 14.6. The van der Waals surface area contributed by atoms with E-state index in [0.717, 1.165) is 30.6 Å². The molecular formula is C19H28N2O3. The second-order valence-corrected chi connectivity index (χ2v) is 6.20. The number of hydrogen-bond donors (Lipinski definition) is 2. The van der Waals surface area contributed by atoms with Crippen LogP contribution in [-0.2, 0) is 9.53 Å². The number of hydrogen-bond acceptors (Lipinski definition) is 4. The molecule has 2 rings (SSSR count). The summed E-state index contributed by atoms with van der Waals surface area (Å²) in [5.41, 5.74) is 3.26. The number of allylic oxidation sites excluding steroid dienone is 1. The first kappa shape index (κ1) is 18.6. The molecule has 1 heterocycles. The van der Waals surface area contributed by atoms with Crippen LogP contribution >= 0.6 is 0 Å². The molecule has 1 aromatic carbocycles. The van der Waals surface area contributed by atoms with Gasteiger partial charge in [-0.15, -0.1) is 0 Å². The van der Waals surface area contributed by atoms with Crippen LogP contribution in [0.4, 0.5) is 0 Å². The molecule has 0 aliphatic carbocycles. The van der Waals surface area contributed by atoms with Crippen molar-refractivity contribution in [1.29, 1.82) is 0 Å². The van der Waals surface area contributed by atoms with Crippen LogP contribution < -0.4 is 5.32 Å². The fraction of sp³-hybridized carbons (Fsp3) is 0.526. The van der Waals surface area contributed by atoms with Crippen LogP contribution in [-0.4, -0.2) is 61.4 Å². The molecule has 24 heavy (non-hydrogen) atoms. The number of benzene rings is 1. The van der Waals surface area contributed by atoms with E-state index in [2.05, 4.69) is 10.2 Å². The summed E-state index contributed by atoms with van der Waals surface area (Å²) in [6.07, 6.45) is 1.85. The van der Waals surface area contributed by atoms with Gasteiger partial charge in [-0.25, -0.2) is 0 Å². The lowest BCUT2D eigenvalue weighted by molar-refractivity contribution is -0.117. The fourth-order valence-electron chi connectivity index (χ4n) is 2.73. The van der Waals surface area contributed by atoms with E-state index in [1.165, 1.54) is 5.56 Å². The number of nitrogens with zero attached hydrogens (tertiary/aromatic N) is 1. The summed E-state index contributed by atoms with van der Waals surface area (Å²) in [5.74, 6) is -0.159. The molecule has 1 fully saturated rings. The van der Waals surface area contributed by atoms with Gasteiger partial charge >= 0.3 is 0 Å². The smallest absolute Gasteiger partial charge is 0.244 e. The molecule has 1 aliphatic rings. The number of nitrogens with one attached hydrogen (secondary N) is 1. The van der Waals surface area contributed by atoms with Crippen LogP contribution in [0.5, 0.6) is 0 Å². The van der Waals surface area contributed by atoms with E-state index in [1.807, 2.05) is 38.1 Å². The maximum absolute atomic E-state index is 12.1. The van der Waals surface area contributed by atoms with Crippen LogP contribution in [0.2, 0.25) is 0 Å². The highest BCUT2D eigenvalue weighted by molar-refractivity contribution is 5.95. The molecule has 1 saturated heterocycles. The maximum atomic E-state index is 12.1. The van der Waals surface area contributed by atoms with Gasteiger partial charge in [-0.3, -0.25) is 9.69 Å². The van der Waals surface area contributed by atoms with Crippen molar-refractivity contribution < 1.29 is 14.6 Å². The van der Waals surface area contributed by atoms with Crippen molar-refractivity contribution in [1.82, 2.24) is 10.2 Å². The van der Waals surface area contributed by atoms with Crippen LogP contribution in [0.15, 0.2) is 30.3 Å². The van der Waals surface area contributed by atoms with Gasteiger partial charge in [0.2, 0.25) is 5.91 Å². The van der Waals surface area contributed by atoms with E-state index in [9.17, 15) is 9.90 Å². The summed E-state index contributed by atoms with van der Waals surface area (Å²) in [5, 5.41) is 12.9. The number of carbonyl (C=O) groups is 1. The van der Waals surface area contributed by atoms with E-state index in [-0.39, 0.29) is 12.5 Å². The maximum Gasteiger partial charge on any atom is 0.244 e. The number of aliphatic hydroxyl groups excluding tert-OH is 1. The van der Waals surface area contributed by atoms with E-state index in [0.29, 0.717) is 19.8 Å². The number of morpholine rings is 1. The van der Waals surface area contributed by atoms with Gasteiger partial charge in [0.25, 0.3) is 0 Å². The molecule has 0 aromatic heterocycles. The van der Waals surface area contributed by atoms with E-state index in [4.69, 9.17) is 4.74 Å². The summed E-state index contributed by atoms with van der Waals surface area (Å²) in [6, 6.07) is 8.15. The first-order valence-corrected chi connectivity index (χ1v) is 8.62. The third-order valence-electron chi connectivity index (χ3n) is 4.19. The number of aliphatic hydroxyl groups is 1. The number of carbonyl (C=O) groups excluding carboxylic acids is 1. The van der Waals surface area contributed by atoms with Crippen molar-refractivity contribution in [3.8, 4) is 0 Å². The Kier molecular flexibility index (Phi) is 7.43. The lowest BCUT2D eigenvalue weighted by Gasteiger charge is -2.28. The Morgan fingerprint density at radius 1 is 1.33 bits per heavy atom. The van der Waals surface area contributed by atoms with Crippen molar-refractivity contribution in [3.63, 3.8) is 0 Å². The predicted octanol–water partition coefficient (Wildman–Crippen LogP) is 1.60. The Morgan fingerprint density at radius 2 is 2.00 bits per heavy atom. The average molecular weight is 332 g/mol. The Bertz CT molecular complexity index is 548. The minimum atomic E-state index is -0.565. The highest BCUT2D eigenvalue weighted by Crippen LogP contribution is 2.18. The molecule has 0 spiro atoms.